The summed E-state index contributed by atoms with van der Waals surface area (Å²) in [6, 6.07) is 0. The third kappa shape index (κ3) is 2.96. The van der Waals surface area contributed by atoms with Crippen LogP contribution in [0.1, 0.15) is 29.5 Å². The zero-order valence-electron chi connectivity index (χ0n) is 9.99. The van der Waals surface area contributed by atoms with Crippen LogP contribution >= 0.6 is 0 Å². The SMILES string of the molecule is CCc1nn(C)c(C(=O)NCCC(N)=O)c1N. The monoisotopic (exact) mass is 239 g/mol. The predicted octanol–water partition coefficient (Wildman–Crippen LogP) is -0.830. The first-order chi connectivity index (χ1) is 7.97. The lowest BCUT2D eigenvalue weighted by Crippen LogP contribution is -2.29. The molecule has 0 unspecified atom stereocenters. The average Bonchev–Trinajstić information content (AvgIpc) is 2.53. The third-order valence-corrected chi connectivity index (χ3v) is 2.37. The first kappa shape index (κ1) is 13.0. The number of nitrogen functional groups attached to an aromatic ring is 1. The number of aromatic nitrogens is 2. The van der Waals surface area contributed by atoms with E-state index in [1.165, 1.54) is 4.68 Å². The van der Waals surface area contributed by atoms with Crippen LogP contribution in [0.3, 0.4) is 0 Å². The number of rotatable bonds is 5. The Bertz CT molecular complexity index is 438. The van der Waals surface area contributed by atoms with Crippen molar-refractivity contribution in [1.82, 2.24) is 15.1 Å². The molecule has 0 saturated heterocycles. The molecular formula is C10H17N5O2. The summed E-state index contributed by atoms with van der Waals surface area (Å²) in [5.74, 6) is -0.809. The van der Waals surface area contributed by atoms with Gasteiger partial charge in [0.2, 0.25) is 5.91 Å². The lowest BCUT2D eigenvalue weighted by atomic mass is 10.2. The molecule has 2 amide bonds. The summed E-state index contributed by atoms with van der Waals surface area (Å²) in [4.78, 5) is 22.3. The van der Waals surface area contributed by atoms with Crippen LogP contribution in [0, 0.1) is 0 Å². The summed E-state index contributed by atoms with van der Waals surface area (Å²) in [6.45, 7) is 2.10. The van der Waals surface area contributed by atoms with Crippen LogP contribution in [0.25, 0.3) is 0 Å². The molecule has 1 heterocycles. The van der Waals surface area contributed by atoms with E-state index in [1.807, 2.05) is 6.92 Å². The average molecular weight is 239 g/mol. The van der Waals surface area contributed by atoms with Crippen LogP contribution in [0.5, 0.6) is 0 Å². The molecule has 94 valence electrons. The number of hydrogen-bond acceptors (Lipinski definition) is 4. The number of aryl methyl sites for hydroxylation is 2. The highest BCUT2D eigenvalue weighted by Crippen LogP contribution is 2.16. The first-order valence-corrected chi connectivity index (χ1v) is 5.35. The van der Waals surface area contributed by atoms with Gasteiger partial charge in [-0.1, -0.05) is 6.92 Å². The molecule has 0 spiro atoms. The Balaban J connectivity index is 2.75. The number of nitrogens with two attached hydrogens (primary N) is 2. The maximum atomic E-state index is 11.8. The van der Waals surface area contributed by atoms with E-state index in [2.05, 4.69) is 10.4 Å². The van der Waals surface area contributed by atoms with Crippen molar-refractivity contribution in [3.05, 3.63) is 11.4 Å². The van der Waals surface area contributed by atoms with Crippen molar-refractivity contribution >= 4 is 17.5 Å². The molecule has 1 aromatic rings. The fourth-order valence-corrected chi connectivity index (χ4v) is 1.51. The Morgan fingerprint density at radius 2 is 2.12 bits per heavy atom. The van der Waals surface area contributed by atoms with Crippen LogP contribution in [-0.2, 0) is 18.3 Å². The fraction of sp³-hybridized carbons (Fsp3) is 0.500. The summed E-state index contributed by atoms with van der Waals surface area (Å²) in [6.07, 6.45) is 0.762. The minimum atomic E-state index is -0.461. The Morgan fingerprint density at radius 3 is 2.59 bits per heavy atom. The summed E-state index contributed by atoms with van der Waals surface area (Å²) in [5.41, 5.74) is 12.2. The Hall–Kier alpha value is -2.05. The highest BCUT2D eigenvalue weighted by Gasteiger charge is 2.18. The Morgan fingerprint density at radius 1 is 1.47 bits per heavy atom. The van der Waals surface area contributed by atoms with Gasteiger partial charge in [-0.3, -0.25) is 14.3 Å². The van der Waals surface area contributed by atoms with Crippen molar-refractivity contribution in [2.24, 2.45) is 12.8 Å². The maximum Gasteiger partial charge on any atom is 0.271 e. The largest absolute Gasteiger partial charge is 0.395 e. The highest BCUT2D eigenvalue weighted by atomic mass is 16.2. The van der Waals surface area contributed by atoms with Gasteiger partial charge in [-0.2, -0.15) is 5.10 Å². The van der Waals surface area contributed by atoms with Crippen molar-refractivity contribution in [2.45, 2.75) is 19.8 Å². The topological polar surface area (TPSA) is 116 Å². The van der Waals surface area contributed by atoms with Crippen LogP contribution in [0.4, 0.5) is 5.69 Å². The van der Waals surface area contributed by atoms with Gasteiger partial charge >= 0.3 is 0 Å². The number of nitrogens with zero attached hydrogens (tertiary/aromatic N) is 2. The van der Waals surface area contributed by atoms with E-state index in [1.54, 1.807) is 7.05 Å². The molecule has 5 N–H and O–H groups in total. The molecule has 0 atom stereocenters. The lowest BCUT2D eigenvalue weighted by molar-refractivity contribution is -0.117. The highest BCUT2D eigenvalue weighted by molar-refractivity contribution is 5.98. The molecule has 0 aliphatic rings. The number of hydrogen-bond donors (Lipinski definition) is 3. The molecule has 0 aliphatic carbocycles. The van der Waals surface area contributed by atoms with Gasteiger partial charge in [0.05, 0.1) is 11.4 Å². The normalized spacial score (nSPS) is 10.2. The van der Waals surface area contributed by atoms with Gasteiger partial charge in [0.25, 0.3) is 5.91 Å². The number of nitrogens with one attached hydrogen (secondary N) is 1. The van der Waals surface area contributed by atoms with Gasteiger partial charge in [0.1, 0.15) is 5.69 Å². The Kier molecular flexibility index (Phi) is 4.08. The molecule has 17 heavy (non-hydrogen) atoms. The minimum Gasteiger partial charge on any atom is -0.395 e. The van der Waals surface area contributed by atoms with Crippen molar-refractivity contribution in [3.63, 3.8) is 0 Å². The fourth-order valence-electron chi connectivity index (χ4n) is 1.51. The second-order valence-corrected chi connectivity index (χ2v) is 3.66. The molecule has 0 aliphatic heterocycles. The molecule has 0 radical (unpaired) electrons. The van der Waals surface area contributed by atoms with Gasteiger partial charge in [0.15, 0.2) is 0 Å². The summed E-state index contributed by atoms with van der Waals surface area (Å²) in [5, 5.41) is 6.70. The number of anilines is 1. The van der Waals surface area contributed by atoms with E-state index >= 15 is 0 Å². The van der Waals surface area contributed by atoms with E-state index < -0.39 is 5.91 Å². The van der Waals surface area contributed by atoms with E-state index in [-0.39, 0.29) is 18.9 Å². The quantitative estimate of drug-likeness (QED) is 0.621. The van der Waals surface area contributed by atoms with E-state index in [0.717, 1.165) is 0 Å². The third-order valence-electron chi connectivity index (χ3n) is 2.37. The zero-order chi connectivity index (χ0) is 13.0. The second-order valence-electron chi connectivity index (χ2n) is 3.66. The second kappa shape index (κ2) is 5.33. The molecule has 0 aromatic carbocycles. The van der Waals surface area contributed by atoms with Crippen molar-refractivity contribution in [3.8, 4) is 0 Å². The molecular weight excluding hydrogens is 222 g/mol. The molecule has 7 heteroatoms. The van der Waals surface area contributed by atoms with Crippen molar-refractivity contribution < 1.29 is 9.59 Å². The number of amides is 2. The molecule has 0 fully saturated rings. The maximum absolute atomic E-state index is 11.8. The summed E-state index contributed by atoms with van der Waals surface area (Å²) >= 11 is 0. The molecule has 0 saturated carbocycles. The van der Waals surface area contributed by atoms with Crippen molar-refractivity contribution in [1.29, 1.82) is 0 Å². The van der Waals surface area contributed by atoms with Gasteiger partial charge in [-0.25, -0.2) is 0 Å². The van der Waals surface area contributed by atoms with Gasteiger partial charge < -0.3 is 16.8 Å². The number of primary amides is 1. The van der Waals surface area contributed by atoms with Crippen LogP contribution < -0.4 is 16.8 Å². The standard InChI is InChI=1S/C10H17N5O2/c1-3-6-8(12)9(15(2)14-6)10(17)13-5-4-7(11)16/h3-5,12H2,1-2H3,(H2,11,16)(H,13,17). The van der Waals surface area contributed by atoms with E-state index in [0.29, 0.717) is 23.5 Å². The minimum absolute atomic E-state index is 0.101. The number of carbonyl (C=O) groups excluding carboxylic acids is 2. The molecule has 7 nitrogen and oxygen atoms in total. The number of carbonyl (C=O) groups is 2. The molecule has 1 rings (SSSR count). The smallest absolute Gasteiger partial charge is 0.271 e. The van der Waals surface area contributed by atoms with Crippen LogP contribution in [0.2, 0.25) is 0 Å². The Labute approximate surface area is 99.1 Å². The van der Waals surface area contributed by atoms with Crippen molar-refractivity contribution in [2.75, 3.05) is 12.3 Å². The van der Waals surface area contributed by atoms with Gasteiger partial charge in [-0.05, 0) is 6.42 Å². The van der Waals surface area contributed by atoms with Crippen LogP contribution in [-0.4, -0.2) is 28.1 Å². The zero-order valence-corrected chi connectivity index (χ0v) is 9.99. The van der Waals surface area contributed by atoms with E-state index in [9.17, 15) is 9.59 Å². The summed E-state index contributed by atoms with van der Waals surface area (Å²) < 4.78 is 1.44. The first-order valence-electron chi connectivity index (χ1n) is 5.35. The predicted molar refractivity (Wildman–Crippen MR) is 63.1 cm³/mol. The molecule has 1 aromatic heterocycles. The molecule has 0 bridgehead atoms. The van der Waals surface area contributed by atoms with E-state index in [4.69, 9.17) is 11.5 Å². The lowest BCUT2D eigenvalue weighted by Gasteiger charge is -2.04. The van der Waals surface area contributed by atoms with Gasteiger partial charge in [0, 0.05) is 20.0 Å². The van der Waals surface area contributed by atoms with Crippen LogP contribution in [0.15, 0.2) is 0 Å². The summed E-state index contributed by atoms with van der Waals surface area (Å²) in [7, 11) is 1.65. The van der Waals surface area contributed by atoms with Gasteiger partial charge in [-0.15, -0.1) is 0 Å².